The molecule has 12 heteroatoms. The monoisotopic (exact) mass is 506 g/mol. The van der Waals surface area contributed by atoms with Gasteiger partial charge in [0.15, 0.2) is 11.5 Å². The molecule has 5 rings (SSSR count). The van der Waals surface area contributed by atoms with Gasteiger partial charge in [0.1, 0.15) is 12.1 Å². The average molecular weight is 507 g/mol. The van der Waals surface area contributed by atoms with Gasteiger partial charge in [0.05, 0.1) is 35.6 Å². The Balaban J connectivity index is 1.51. The fourth-order valence-corrected chi connectivity index (χ4v) is 5.08. The van der Waals surface area contributed by atoms with Crippen molar-refractivity contribution >= 4 is 33.3 Å². The van der Waals surface area contributed by atoms with Gasteiger partial charge in [0, 0.05) is 49.3 Å². The third-order valence-electron chi connectivity index (χ3n) is 6.93. The van der Waals surface area contributed by atoms with E-state index in [9.17, 15) is 19.7 Å². The molecule has 0 aliphatic carbocycles. The van der Waals surface area contributed by atoms with Crippen molar-refractivity contribution in [2.75, 3.05) is 32.2 Å². The molecule has 12 nitrogen and oxygen atoms in total. The molecular formula is C25H26N6O6. The van der Waals surface area contributed by atoms with Gasteiger partial charge < -0.3 is 14.4 Å². The molecule has 0 atom stereocenters. The van der Waals surface area contributed by atoms with Gasteiger partial charge in [-0.25, -0.2) is 14.8 Å². The van der Waals surface area contributed by atoms with E-state index in [1.165, 1.54) is 33.7 Å². The van der Waals surface area contributed by atoms with Crippen LogP contribution in [-0.4, -0.2) is 51.3 Å². The number of ether oxygens (including phenoxy) is 2. The van der Waals surface area contributed by atoms with Crippen molar-refractivity contribution < 1.29 is 14.4 Å². The van der Waals surface area contributed by atoms with Crippen molar-refractivity contribution in [2.45, 2.75) is 32.4 Å². The molecule has 0 amide bonds. The number of methoxy groups -OCH3 is 2. The predicted octanol–water partition coefficient (Wildman–Crippen LogP) is 2.89. The van der Waals surface area contributed by atoms with Gasteiger partial charge in [-0.15, -0.1) is 0 Å². The van der Waals surface area contributed by atoms with E-state index in [0.717, 1.165) is 11.2 Å². The number of hydrogen-bond acceptors (Lipinski definition) is 9. The number of rotatable bonds is 6. The lowest BCUT2D eigenvalue weighted by molar-refractivity contribution is -0.384. The fourth-order valence-electron chi connectivity index (χ4n) is 5.08. The standard InChI is InChI=1S/C25H26N6O6/c1-4-29-20-6-5-16(31(34)35)11-18(20)24(32)30(25(29)33)15-7-9-28(10-8-15)23-17-12-21(36-2)22(37-3)13-19(17)26-14-27-23/h5-6,11-15H,4,7-10H2,1-3H3. The number of benzene rings is 2. The number of aromatic nitrogens is 4. The molecule has 1 aliphatic heterocycles. The topological polar surface area (TPSA) is 135 Å². The van der Waals surface area contributed by atoms with E-state index >= 15 is 0 Å². The molecule has 1 saturated heterocycles. The predicted molar refractivity (Wildman–Crippen MR) is 138 cm³/mol. The van der Waals surface area contributed by atoms with Crippen molar-refractivity contribution in [2.24, 2.45) is 0 Å². The molecule has 2 aromatic heterocycles. The summed E-state index contributed by atoms with van der Waals surface area (Å²) in [6.45, 7) is 3.25. The lowest BCUT2D eigenvalue weighted by Crippen LogP contribution is -2.46. The Labute approximate surface area is 210 Å². The van der Waals surface area contributed by atoms with Crippen LogP contribution in [0, 0.1) is 10.1 Å². The second-order valence-electron chi connectivity index (χ2n) is 8.80. The second kappa shape index (κ2) is 9.52. The molecule has 2 aromatic carbocycles. The molecule has 0 N–H and O–H groups in total. The number of anilines is 1. The molecule has 3 heterocycles. The average Bonchev–Trinajstić information content (AvgIpc) is 2.92. The van der Waals surface area contributed by atoms with Crippen LogP contribution in [0.3, 0.4) is 0 Å². The van der Waals surface area contributed by atoms with Gasteiger partial charge in [-0.2, -0.15) is 0 Å². The first-order chi connectivity index (χ1) is 17.9. The van der Waals surface area contributed by atoms with Crippen molar-refractivity contribution in [1.82, 2.24) is 19.1 Å². The van der Waals surface area contributed by atoms with Gasteiger partial charge in [-0.05, 0) is 31.9 Å². The molecule has 192 valence electrons. The molecule has 1 fully saturated rings. The summed E-state index contributed by atoms with van der Waals surface area (Å²) in [7, 11) is 3.13. The number of piperidine rings is 1. The number of aryl methyl sites for hydroxylation is 1. The zero-order valence-electron chi connectivity index (χ0n) is 20.7. The third-order valence-corrected chi connectivity index (χ3v) is 6.93. The number of nitro benzene ring substituents is 1. The lowest BCUT2D eigenvalue weighted by atomic mass is 10.0. The molecule has 1 aliphatic rings. The molecule has 0 bridgehead atoms. The minimum Gasteiger partial charge on any atom is -0.493 e. The zero-order chi connectivity index (χ0) is 26.3. The van der Waals surface area contributed by atoms with E-state index in [0.29, 0.717) is 55.0 Å². The highest BCUT2D eigenvalue weighted by atomic mass is 16.6. The Hall–Kier alpha value is -4.48. The largest absolute Gasteiger partial charge is 0.493 e. The summed E-state index contributed by atoms with van der Waals surface area (Å²) < 4.78 is 13.6. The Bertz CT molecular complexity index is 1640. The van der Waals surface area contributed by atoms with Crippen molar-refractivity contribution in [3.8, 4) is 11.5 Å². The van der Waals surface area contributed by atoms with Crippen molar-refractivity contribution in [1.29, 1.82) is 0 Å². The van der Waals surface area contributed by atoms with E-state index in [1.807, 2.05) is 13.0 Å². The number of nitro groups is 1. The summed E-state index contributed by atoms with van der Waals surface area (Å²) in [5, 5.41) is 12.3. The maximum Gasteiger partial charge on any atom is 0.331 e. The number of fused-ring (bicyclic) bond motifs is 2. The van der Waals surface area contributed by atoms with Gasteiger partial charge in [0.25, 0.3) is 11.2 Å². The number of hydrogen-bond donors (Lipinski definition) is 0. The van der Waals surface area contributed by atoms with E-state index in [4.69, 9.17) is 9.47 Å². The van der Waals surface area contributed by atoms with E-state index in [-0.39, 0.29) is 17.1 Å². The quantitative estimate of drug-likeness (QED) is 0.286. The summed E-state index contributed by atoms with van der Waals surface area (Å²) in [4.78, 5) is 48.5. The fraction of sp³-hybridized carbons (Fsp3) is 0.360. The van der Waals surface area contributed by atoms with Gasteiger partial charge in [-0.1, -0.05) is 0 Å². The minimum atomic E-state index is -0.542. The number of non-ortho nitro benzene ring substituents is 1. The normalized spacial score (nSPS) is 14.3. The first kappa shape index (κ1) is 24.2. The van der Waals surface area contributed by atoms with E-state index in [2.05, 4.69) is 14.9 Å². The SMILES string of the molecule is CCn1c(=O)n(C2CCN(c3ncnc4cc(OC)c(OC)cc34)CC2)c(=O)c2cc([N+](=O)[O-])ccc21. The summed E-state index contributed by atoms with van der Waals surface area (Å²) >= 11 is 0. The first-order valence-electron chi connectivity index (χ1n) is 11.9. The van der Waals surface area contributed by atoms with Crippen LogP contribution < -0.4 is 25.6 Å². The van der Waals surface area contributed by atoms with Crippen LogP contribution >= 0.6 is 0 Å². The van der Waals surface area contributed by atoms with Crippen LogP contribution in [0.1, 0.15) is 25.8 Å². The first-order valence-corrected chi connectivity index (χ1v) is 11.9. The summed E-state index contributed by atoms with van der Waals surface area (Å²) in [5.41, 5.74) is 0.0133. The maximum atomic E-state index is 13.4. The summed E-state index contributed by atoms with van der Waals surface area (Å²) in [5.74, 6) is 1.87. The lowest BCUT2D eigenvalue weighted by Gasteiger charge is -2.34. The highest BCUT2D eigenvalue weighted by Crippen LogP contribution is 2.36. The summed E-state index contributed by atoms with van der Waals surface area (Å²) in [6.07, 6.45) is 2.55. The van der Waals surface area contributed by atoms with Gasteiger partial charge >= 0.3 is 5.69 Å². The molecule has 0 unspecified atom stereocenters. The summed E-state index contributed by atoms with van der Waals surface area (Å²) in [6, 6.07) is 7.33. The zero-order valence-corrected chi connectivity index (χ0v) is 20.7. The number of nitrogens with zero attached hydrogens (tertiary/aromatic N) is 6. The Morgan fingerprint density at radius 1 is 1.03 bits per heavy atom. The Morgan fingerprint density at radius 2 is 1.73 bits per heavy atom. The molecule has 4 aromatic rings. The molecular weight excluding hydrogens is 480 g/mol. The van der Waals surface area contributed by atoms with E-state index in [1.54, 1.807) is 20.3 Å². The van der Waals surface area contributed by atoms with Crippen LogP contribution in [-0.2, 0) is 6.54 Å². The van der Waals surface area contributed by atoms with Crippen LogP contribution in [0.4, 0.5) is 11.5 Å². The Morgan fingerprint density at radius 3 is 2.38 bits per heavy atom. The van der Waals surface area contributed by atoms with Crippen molar-refractivity contribution in [3.63, 3.8) is 0 Å². The van der Waals surface area contributed by atoms with Crippen LogP contribution in [0.2, 0.25) is 0 Å². The highest BCUT2D eigenvalue weighted by molar-refractivity contribution is 5.92. The maximum absolute atomic E-state index is 13.4. The molecule has 37 heavy (non-hydrogen) atoms. The molecule has 0 spiro atoms. The third kappa shape index (κ3) is 4.03. The molecule has 0 radical (unpaired) electrons. The Kier molecular flexibility index (Phi) is 6.24. The van der Waals surface area contributed by atoms with Gasteiger partial charge in [0.2, 0.25) is 0 Å². The van der Waals surface area contributed by atoms with Crippen LogP contribution in [0.15, 0.2) is 46.2 Å². The van der Waals surface area contributed by atoms with Crippen molar-refractivity contribution in [3.05, 3.63) is 67.6 Å². The van der Waals surface area contributed by atoms with Gasteiger partial charge in [-0.3, -0.25) is 24.0 Å². The highest BCUT2D eigenvalue weighted by Gasteiger charge is 2.27. The smallest absolute Gasteiger partial charge is 0.331 e. The minimum absolute atomic E-state index is 0.168. The van der Waals surface area contributed by atoms with E-state index < -0.39 is 16.2 Å². The second-order valence-corrected chi connectivity index (χ2v) is 8.80. The molecule has 0 saturated carbocycles. The van der Waals surface area contributed by atoms with Crippen LogP contribution in [0.5, 0.6) is 11.5 Å². The van der Waals surface area contributed by atoms with Crippen LogP contribution in [0.25, 0.3) is 21.8 Å².